The highest BCUT2D eigenvalue weighted by Crippen LogP contribution is 2.32. The Morgan fingerprint density at radius 3 is 2.04 bits per heavy atom. The van der Waals surface area contributed by atoms with E-state index in [1.54, 1.807) is 30.5 Å². The molecule has 292 valence electrons. The fourth-order valence-corrected chi connectivity index (χ4v) is 8.41. The normalized spacial score (nSPS) is 17.4. The third-order valence-corrected chi connectivity index (χ3v) is 11.5. The number of nitrogens with zero attached hydrogens (tertiary/aromatic N) is 3. The average Bonchev–Trinajstić information content (AvgIpc) is 3.70. The first-order chi connectivity index (χ1) is 25.7. The lowest BCUT2D eigenvalue weighted by Crippen LogP contribution is -2.27. The zero-order valence-corrected chi connectivity index (χ0v) is 33.5. The van der Waals surface area contributed by atoms with Gasteiger partial charge in [0.15, 0.2) is 11.5 Å². The van der Waals surface area contributed by atoms with E-state index in [1.165, 1.54) is 24.3 Å². The van der Waals surface area contributed by atoms with Crippen molar-refractivity contribution in [1.29, 1.82) is 0 Å². The molecule has 2 aromatic carbocycles. The van der Waals surface area contributed by atoms with Crippen molar-refractivity contribution in [3.8, 4) is 11.5 Å². The van der Waals surface area contributed by atoms with Crippen LogP contribution in [0.5, 0.6) is 11.5 Å². The number of aromatic nitrogens is 4. The zero-order chi connectivity index (χ0) is 38.6. The van der Waals surface area contributed by atoms with Gasteiger partial charge in [-0.05, 0) is 95.0 Å². The number of rotatable bonds is 13. The largest absolute Gasteiger partial charge is 0.459 e. The number of aryl methyl sites for hydroxylation is 1. The summed E-state index contributed by atoms with van der Waals surface area (Å²) >= 11 is 2.34. The van der Waals surface area contributed by atoms with Gasteiger partial charge in [0.25, 0.3) is 11.3 Å². The van der Waals surface area contributed by atoms with Gasteiger partial charge in [-0.25, -0.2) is 14.1 Å². The van der Waals surface area contributed by atoms with Gasteiger partial charge in [0.05, 0.1) is 28.6 Å². The molecular formula is C37H47ClN6O8S2. The van der Waals surface area contributed by atoms with Crippen molar-refractivity contribution in [2.75, 3.05) is 4.72 Å². The van der Waals surface area contributed by atoms with Crippen molar-refractivity contribution in [2.24, 2.45) is 0 Å². The number of esters is 2. The lowest BCUT2D eigenvalue weighted by atomic mass is 9.92. The second kappa shape index (κ2) is 17.2. The van der Waals surface area contributed by atoms with Crippen molar-refractivity contribution in [2.45, 2.75) is 122 Å². The summed E-state index contributed by atoms with van der Waals surface area (Å²) in [4.78, 5) is 26.5. The van der Waals surface area contributed by atoms with Crippen LogP contribution in [0.1, 0.15) is 136 Å². The molecule has 3 atom stereocenters. The zero-order valence-electron chi connectivity index (χ0n) is 31.1. The van der Waals surface area contributed by atoms with E-state index in [2.05, 4.69) is 24.7 Å². The summed E-state index contributed by atoms with van der Waals surface area (Å²) in [6.45, 7) is 9.61. The van der Waals surface area contributed by atoms with E-state index < -0.39 is 40.5 Å². The lowest BCUT2D eigenvalue weighted by Gasteiger charge is -2.23. The second-order valence-corrected chi connectivity index (χ2v) is 17.0. The molecule has 0 aliphatic heterocycles. The molecule has 2 heterocycles. The number of hydrogen-bond acceptors (Lipinski definition) is 10. The van der Waals surface area contributed by atoms with Gasteiger partial charge in [0, 0.05) is 11.5 Å². The molecule has 0 radical (unpaired) electrons. The Morgan fingerprint density at radius 2 is 1.46 bits per heavy atom. The standard InChI is InChI=1S/C37H47ClN6O8S2/c1-22-16-17-26(21-30(22)52-53(47)42-23(2)33-39-40-34-31(38)32(37(3,4)5)41-44(33)34)43-54(48)51-29-19-24(35(45)49-27-12-8-6-9-13-27)18-25(20-29)36(46)50-28-14-10-7-11-15-28/h16-21,23,27-28,41-43H,6-15H2,1-5H3. The molecule has 6 rings (SSSR count). The minimum Gasteiger partial charge on any atom is -0.459 e. The molecule has 2 saturated carbocycles. The molecule has 2 aliphatic rings. The van der Waals surface area contributed by atoms with Gasteiger partial charge >= 0.3 is 23.2 Å². The van der Waals surface area contributed by atoms with Gasteiger partial charge in [-0.15, -0.1) is 10.2 Å². The Bertz CT molecular complexity index is 1980. The van der Waals surface area contributed by atoms with Gasteiger partial charge < -0.3 is 17.8 Å². The van der Waals surface area contributed by atoms with Crippen LogP contribution in [0, 0.1) is 6.92 Å². The minimum atomic E-state index is -2.19. The molecule has 4 aromatic rings. The highest BCUT2D eigenvalue weighted by Gasteiger charge is 2.27. The van der Waals surface area contributed by atoms with Gasteiger partial charge in [0.1, 0.15) is 28.7 Å². The lowest BCUT2D eigenvalue weighted by molar-refractivity contribution is 0.0209. The number of fused-ring (bicyclic) bond motifs is 1. The number of carbonyl (C=O) groups is 2. The highest BCUT2D eigenvalue weighted by atomic mass is 35.5. The summed E-state index contributed by atoms with van der Waals surface area (Å²) in [5, 5.41) is 12.1. The minimum absolute atomic E-state index is 0.0120. The Kier molecular flexibility index (Phi) is 12.7. The van der Waals surface area contributed by atoms with Crippen molar-refractivity contribution >= 4 is 57.4 Å². The van der Waals surface area contributed by atoms with Crippen molar-refractivity contribution in [3.63, 3.8) is 0 Å². The molecule has 0 bridgehead atoms. The number of carbonyl (C=O) groups excluding carboxylic acids is 2. The predicted molar refractivity (Wildman–Crippen MR) is 206 cm³/mol. The van der Waals surface area contributed by atoms with Crippen molar-refractivity contribution < 1.29 is 35.8 Å². The van der Waals surface area contributed by atoms with Crippen LogP contribution in [-0.4, -0.2) is 52.4 Å². The van der Waals surface area contributed by atoms with E-state index in [-0.39, 0.29) is 40.2 Å². The fraction of sp³-hybridized carbons (Fsp3) is 0.514. The number of halogens is 1. The van der Waals surface area contributed by atoms with Gasteiger partial charge in [-0.1, -0.05) is 51.3 Å². The quantitative estimate of drug-likeness (QED) is 0.114. The summed E-state index contributed by atoms with van der Waals surface area (Å²) in [6.07, 6.45) is 8.86. The number of benzene rings is 2. The monoisotopic (exact) mass is 802 g/mol. The Balaban J connectivity index is 1.12. The Hall–Kier alpha value is -3.99. The molecule has 0 saturated heterocycles. The topological polar surface area (TPSA) is 175 Å². The van der Waals surface area contributed by atoms with Gasteiger partial charge in [-0.2, -0.15) is 13.1 Å². The number of ether oxygens (including phenoxy) is 2. The van der Waals surface area contributed by atoms with E-state index in [4.69, 9.17) is 29.4 Å². The van der Waals surface area contributed by atoms with Crippen LogP contribution in [0.2, 0.25) is 5.02 Å². The summed E-state index contributed by atoms with van der Waals surface area (Å²) in [6, 6.07) is 8.55. The maximum atomic E-state index is 13.3. The third kappa shape index (κ3) is 9.81. The second-order valence-electron chi connectivity index (χ2n) is 14.9. The maximum Gasteiger partial charge on any atom is 0.338 e. The molecule has 0 amide bonds. The summed E-state index contributed by atoms with van der Waals surface area (Å²) < 4.78 is 56.6. The maximum absolute atomic E-state index is 13.3. The number of aromatic amines is 1. The van der Waals surface area contributed by atoms with Crippen LogP contribution in [0.4, 0.5) is 5.69 Å². The molecule has 0 spiro atoms. The van der Waals surface area contributed by atoms with Crippen molar-refractivity contribution in [3.05, 3.63) is 69.6 Å². The van der Waals surface area contributed by atoms with E-state index in [0.717, 1.165) is 69.9 Å². The summed E-state index contributed by atoms with van der Waals surface area (Å²) in [5.41, 5.74) is 2.19. The SMILES string of the molecule is Cc1ccc(NS(=O)Oc2cc(C(=O)OC3CCCCC3)cc(C(=O)OC3CCCCC3)c2)cc1OS(=O)NC(C)c1nnc2c(Cl)c(C(C)(C)C)[nH]n12. The Labute approximate surface area is 325 Å². The van der Waals surface area contributed by atoms with E-state index in [9.17, 15) is 18.0 Å². The molecule has 54 heavy (non-hydrogen) atoms. The van der Waals surface area contributed by atoms with Gasteiger partial charge in [0.2, 0.25) is 0 Å². The number of hydrogen-bond donors (Lipinski definition) is 3. The first-order valence-electron chi connectivity index (χ1n) is 18.3. The van der Waals surface area contributed by atoms with Crippen molar-refractivity contribution in [1.82, 2.24) is 24.5 Å². The molecule has 2 aliphatic carbocycles. The molecule has 14 nitrogen and oxygen atoms in total. The third-order valence-electron chi connectivity index (χ3n) is 9.49. The van der Waals surface area contributed by atoms with Crippen LogP contribution in [0.25, 0.3) is 5.65 Å². The fourth-order valence-electron chi connectivity index (χ4n) is 6.55. The molecule has 2 aromatic heterocycles. The van der Waals surface area contributed by atoms with Crippen LogP contribution < -0.4 is 17.8 Å². The molecule has 2 fully saturated rings. The molecular weight excluding hydrogens is 756 g/mol. The first kappa shape index (κ1) is 39.7. The first-order valence-corrected chi connectivity index (χ1v) is 20.8. The predicted octanol–water partition coefficient (Wildman–Crippen LogP) is 7.67. The molecule has 17 heteroatoms. The molecule has 3 unspecified atom stereocenters. The van der Waals surface area contributed by atoms with E-state index in [0.29, 0.717) is 27.7 Å². The van der Waals surface area contributed by atoms with E-state index in [1.807, 2.05) is 20.8 Å². The summed E-state index contributed by atoms with van der Waals surface area (Å²) in [5.74, 6) is -0.462. The Morgan fingerprint density at radius 1 is 0.870 bits per heavy atom. The van der Waals surface area contributed by atoms with E-state index >= 15 is 0 Å². The molecule has 3 N–H and O–H groups in total. The number of anilines is 1. The van der Waals surface area contributed by atoms with Gasteiger partial charge in [-0.3, -0.25) is 9.82 Å². The van der Waals surface area contributed by atoms with Crippen LogP contribution in [0.3, 0.4) is 0 Å². The van der Waals surface area contributed by atoms with Crippen LogP contribution >= 0.6 is 11.6 Å². The number of H-pyrrole nitrogens is 1. The number of nitrogens with one attached hydrogen (secondary N) is 3. The summed E-state index contributed by atoms with van der Waals surface area (Å²) in [7, 11) is 0. The highest BCUT2D eigenvalue weighted by molar-refractivity contribution is 7.82. The van der Waals surface area contributed by atoms with Crippen LogP contribution in [0.15, 0.2) is 36.4 Å². The average molecular weight is 803 g/mol. The smallest absolute Gasteiger partial charge is 0.338 e. The van der Waals surface area contributed by atoms with Crippen LogP contribution in [-0.2, 0) is 37.4 Å².